The third-order valence-corrected chi connectivity index (χ3v) is 3.74. The van der Waals surface area contributed by atoms with Crippen molar-refractivity contribution < 1.29 is 29.0 Å². The number of carboxylic acids is 1. The molecule has 9 nitrogen and oxygen atoms in total. The summed E-state index contributed by atoms with van der Waals surface area (Å²) >= 11 is 0. The molecule has 0 saturated heterocycles. The molecule has 1 aromatic heterocycles. The number of hydrogen-bond acceptors (Lipinski definition) is 6. The normalized spacial score (nSPS) is 13.2. The molecule has 1 amide bonds. The van der Waals surface area contributed by atoms with Crippen LogP contribution in [0.15, 0.2) is 42.9 Å². The maximum absolute atomic E-state index is 12.7. The van der Waals surface area contributed by atoms with E-state index in [1.807, 2.05) is 6.07 Å². The molecule has 156 valence electrons. The molecule has 0 aliphatic rings. The topological polar surface area (TPSA) is 131 Å². The van der Waals surface area contributed by atoms with Gasteiger partial charge in [-0.25, -0.2) is 19.4 Å². The van der Waals surface area contributed by atoms with Crippen LogP contribution in [0, 0.1) is 0 Å². The Hall–Kier alpha value is -3.36. The number of carbonyl (C=O) groups excluding carboxylic acids is 2. The van der Waals surface area contributed by atoms with Crippen LogP contribution >= 0.6 is 0 Å². The van der Waals surface area contributed by atoms with Crippen molar-refractivity contribution in [2.75, 3.05) is 0 Å². The van der Waals surface area contributed by atoms with Gasteiger partial charge < -0.3 is 24.9 Å². The van der Waals surface area contributed by atoms with Crippen LogP contribution in [-0.2, 0) is 31.9 Å². The highest BCUT2D eigenvalue weighted by molar-refractivity contribution is 5.84. The number of aliphatic carboxylic acids is 1. The Bertz CT molecular complexity index is 814. The molecule has 9 heteroatoms. The van der Waals surface area contributed by atoms with E-state index in [4.69, 9.17) is 9.47 Å². The summed E-state index contributed by atoms with van der Waals surface area (Å²) in [5, 5.41) is 11.9. The number of rotatable bonds is 8. The Balaban J connectivity index is 2.13. The fraction of sp³-hybridized carbons (Fsp3) is 0.400. The first kappa shape index (κ1) is 21.9. The molecule has 0 aliphatic carbocycles. The lowest BCUT2D eigenvalue weighted by atomic mass is 10.1. The van der Waals surface area contributed by atoms with Gasteiger partial charge in [-0.05, 0) is 26.3 Å². The number of alkyl carbamates (subject to hydrolysis) is 1. The summed E-state index contributed by atoms with van der Waals surface area (Å²) in [6, 6.07) is 7.87. The lowest BCUT2D eigenvalue weighted by Gasteiger charge is -2.24. The summed E-state index contributed by atoms with van der Waals surface area (Å²) in [5.74, 6) is -2.18. The van der Waals surface area contributed by atoms with E-state index in [1.165, 1.54) is 12.5 Å². The van der Waals surface area contributed by atoms with Gasteiger partial charge in [-0.2, -0.15) is 0 Å². The second kappa shape index (κ2) is 9.72. The number of carboxylic acid groups (broad SMARTS) is 1. The molecule has 1 heterocycles. The average Bonchev–Trinajstić information content (AvgIpc) is 3.13. The van der Waals surface area contributed by atoms with Crippen LogP contribution in [-0.4, -0.2) is 50.9 Å². The minimum Gasteiger partial charge on any atom is -0.478 e. The zero-order chi connectivity index (χ0) is 21.4. The zero-order valence-electron chi connectivity index (χ0n) is 16.5. The van der Waals surface area contributed by atoms with Gasteiger partial charge in [0.15, 0.2) is 0 Å². The van der Waals surface area contributed by atoms with E-state index in [0.29, 0.717) is 5.69 Å². The molecule has 0 saturated carbocycles. The highest BCUT2D eigenvalue weighted by Gasteiger charge is 2.30. The number of hydrogen-bond donors (Lipinski definition) is 3. The van der Waals surface area contributed by atoms with Gasteiger partial charge in [0.2, 0.25) is 6.10 Å². The number of nitrogens with one attached hydrogen (secondary N) is 2. The van der Waals surface area contributed by atoms with Crippen molar-refractivity contribution in [1.29, 1.82) is 0 Å². The summed E-state index contributed by atoms with van der Waals surface area (Å²) in [7, 11) is 0. The summed E-state index contributed by atoms with van der Waals surface area (Å²) in [6.07, 6.45) is 0.699. The third-order valence-electron chi connectivity index (χ3n) is 3.74. The number of aromatic amines is 1. The first-order chi connectivity index (χ1) is 13.6. The predicted molar refractivity (Wildman–Crippen MR) is 103 cm³/mol. The average molecular weight is 403 g/mol. The maximum Gasteiger partial charge on any atom is 0.408 e. The Morgan fingerprint density at radius 1 is 1.17 bits per heavy atom. The number of esters is 1. The highest BCUT2D eigenvalue weighted by Crippen LogP contribution is 2.11. The van der Waals surface area contributed by atoms with Crippen LogP contribution < -0.4 is 5.32 Å². The van der Waals surface area contributed by atoms with Crippen LogP contribution in [0.2, 0.25) is 0 Å². The second-order valence-electron chi connectivity index (χ2n) is 7.42. The number of nitrogens with zero attached hydrogens (tertiary/aromatic N) is 1. The lowest BCUT2D eigenvalue weighted by Crippen LogP contribution is -2.47. The van der Waals surface area contributed by atoms with Crippen LogP contribution in [0.4, 0.5) is 4.79 Å². The molecular weight excluding hydrogens is 378 g/mol. The molecule has 0 fully saturated rings. The van der Waals surface area contributed by atoms with Gasteiger partial charge in [0.05, 0.1) is 12.0 Å². The van der Waals surface area contributed by atoms with Crippen molar-refractivity contribution in [2.24, 2.45) is 0 Å². The summed E-state index contributed by atoms with van der Waals surface area (Å²) < 4.78 is 10.4. The van der Waals surface area contributed by atoms with E-state index in [9.17, 15) is 19.5 Å². The molecule has 2 atom stereocenters. The Kier molecular flexibility index (Phi) is 7.35. The molecule has 0 spiro atoms. The van der Waals surface area contributed by atoms with Gasteiger partial charge in [-0.1, -0.05) is 30.3 Å². The number of imidazole rings is 1. The van der Waals surface area contributed by atoms with Crippen LogP contribution in [0.25, 0.3) is 0 Å². The minimum absolute atomic E-state index is 0.102. The lowest BCUT2D eigenvalue weighted by molar-refractivity contribution is -0.165. The Morgan fingerprint density at radius 2 is 1.86 bits per heavy atom. The molecule has 2 rings (SSSR count). The third kappa shape index (κ3) is 7.65. The van der Waals surface area contributed by atoms with Gasteiger partial charge in [-0.15, -0.1) is 0 Å². The molecule has 1 aromatic carbocycles. The van der Waals surface area contributed by atoms with Crippen LogP contribution in [0.3, 0.4) is 0 Å². The van der Waals surface area contributed by atoms with Crippen molar-refractivity contribution in [2.45, 2.75) is 51.4 Å². The van der Waals surface area contributed by atoms with E-state index in [2.05, 4.69) is 15.3 Å². The van der Waals surface area contributed by atoms with E-state index < -0.39 is 35.8 Å². The van der Waals surface area contributed by atoms with Gasteiger partial charge in [-0.3, -0.25) is 0 Å². The van der Waals surface area contributed by atoms with E-state index >= 15 is 0 Å². The minimum atomic E-state index is -1.44. The number of ether oxygens (including phenoxy) is 2. The van der Waals surface area contributed by atoms with Crippen molar-refractivity contribution >= 4 is 18.0 Å². The maximum atomic E-state index is 12.7. The molecular formula is C20H25N3O6. The fourth-order valence-corrected chi connectivity index (χ4v) is 2.49. The molecule has 0 bridgehead atoms. The van der Waals surface area contributed by atoms with Gasteiger partial charge >= 0.3 is 18.0 Å². The standard InChI is InChI=1S/C20H25N3O6/c1-20(2,3)29-19(27)23-15(9-13-7-5-4-6-8-13)18(26)28-16(17(24)25)10-14-11-21-12-22-14/h4-8,11-12,15-16H,9-10H2,1-3H3,(H,21,22)(H,23,27)(H,24,25)/t15-,16-/m0/s1. The molecule has 0 unspecified atom stereocenters. The van der Waals surface area contributed by atoms with E-state index in [1.54, 1.807) is 45.0 Å². The Labute approximate surface area is 168 Å². The molecule has 0 radical (unpaired) electrons. The summed E-state index contributed by atoms with van der Waals surface area (Å²) in [6.45, 7) is 5.09. The Morgan fingerprint density at radius 3 is 2.41 bits per heavy atom. The predicted octanol–water partition coefficient (Wildman–Crippen LogP) is 2.08. The van der Waals surface area contributed by atoms with E-state index in [0.717, 1.165) is 5.56 Å². The van der Waals surface area contributed by atoms with Crippen LogP contribution in [0.5, 0.6) is 0 Å². The SMILES string of the molecule is CC(C)(C)OC(=O)N[C@@H](Cc1ccccc1)C(=O)O[C@@H](Cc1c[nH]cn1)C(=O)O. The van der Waals surface area contributed by atoms with E-state index in [-0.39, 0.29) is 12.8 Å². The smallest absolute Gasteiger partial charge is 0.408 e. The number of aromatic nitrogens is 2. The quantitative estimate of drug-likeness (QED) is 0.575. The summed E-state index contributed by atoms with van der Waals surface area (Å²) in [4.78, 5) is 43.1. The number of benzene rings is 1. The van der Waals surface area contributed by atoms with Gasteiger partial charge in [0.1, 0.15) is 11.6 Å². The molecule has 29 heavy (non-hydrogen) atoms. The number of H-pyrrole nitrogens is 1. The van der Waals surface area contributed by atoms with Crippen molar-refractivity contribution in [1.82, 2.24) is 15.3 Å². The monoisotopic (exact) mass is 403 g/mol. The first-order valence-electron chi connectivity index (χ1n) is 9.08. The van der Waals surface area contributed by atoms with Gasteiger partial charge in [0.25, 0.3) is 0 Å². The van der Waals surface area contributed by atoms with Crippen molar-refractivity contribution in [3.63, 3.8) is 0 Å². The molecule has 2 aromatic rings. The largest absolute Gasteiger partial charge is 0.478 e. The zero-order valence-corrected chi connectivity index (χ0v) is 16.5. The van der Waals surface area contributed by atoms with Gasteiger partial charge in [0, 0.05) is 19.0 Å². The first-order valence-corrected chi connectivity index (χ1v) is 9.08. The fourth-order valence-electron chi connectivity index (χ4n) is 2.49. The van der Waals surface area contributed by atoms with Crippen LogP contribution in [0.1, 0.15) is 32.0 Å². The second-order valence-corrected chi connectivity index (χ2v) is 7.42. The number of amides is 1. The molecule has 3 N–H and O–H groups in total. The number of carbonyl (C=O) groups is 3. The highest BCUT2D eigenvalue weighted by atomic mass is 16.6. The summed E-state index contributed by atoms with van der Waals surface area (Å²) in [5.41, 5.74) is 0.448. The molecule has 0 aliphatic heterocycles. The van der Waals surface area contributed by atoms with Crippen molar-refractivity contribution in [3.05, 3.63) is 54.1 Å². The van der Waals surface area contributed by atoms with Crippen molar-refractivity contribution in [3.8, 4) is 0 Å².